The van der Waals surface area contributed by atoms with Gasteiger partial charge in [0.25, 0.3) is 0 Å². The summed E-state index contributed by atoms with van der Waals surface area (Å²) in [7, 11) is 0. The van der Waals surface area contributed by atoms with Crippen LogP contribution in [0.15, 0.2) is 24.3 Å². The van der Waals surface area contributed by atoms with Crippen LogP contribution < -0.4 is 4.90 Å². The molecule has 0 saturated carbocycles. The molecule has 1 aromatic rings. The summed E-state index contributed by atoms with van der Waals surface area (Å²) < 4.78 is 0. The topological polar surface area (TPSA) is 3.24 Å². The molecule has 0 saturated heterocycles. The van der Waals surface area contributed by atoms with Gasteiger partial charge in [0.05, 0.1) is 0 Å². The van der Waals surface area contributed by atoms with Gasteiger partial charge < -0.3 is 4.90 Å². The summed E-state index contributed by atoms with van der Waals surface area (Å²) in [4.78, 5) is 2.37. The second-order valence-electron chi connectivity index (χ2n) is 3.32. The molecule has 0 fully saturated rings. The lowest BCUT2D eigenvalue weighted by molar-refractivity contribution is 0.835. The van der Waals surface area contributed by atoms with E-state index in [1.165, 1.54) is 17.7 Å². The number of benzene rings is 1. The van der Waals surface area contributed by atoms with Crippen LogP contribution in [0.5, 0.6) is 0 Å². The summed E-state index contributed by atoms with van der Waals surface area (Å²) in [6, 6.07) is 8.57. The predicted octanol–water partition coefficient (Wildman–Crippen LogP) is 2.07. The average Bonchev–Trinajstić information content (AvgIpc) is 2.58. The lowest BCUT2D eigenvalue weighted by Crippen LogP contribution is -2.21. The number of hydrogen-bond donors (Lipinski definition) is 0. The van der Waals surface area contributed by atoms with Gasteiger partial charge >= 0.3 is 0 Å². The lowest BCUT2D eigenvalue weighted by atomic mass is 10.2. The first kappa shape index (κ1) is 8.19. The molecule has 1 nitrogen and oxygen atoms in total. The standard InChI is InChI=1S/C12H13N/c1-2-3-9-13-10-8-11-6-4-5-7-12(11)13/h1,4-7H,3,8-10H2. The highest BCUT2D eigenvalue weighted by atomic mass is 15.1. The maximum Gasteiger partial charge on any atom is 0.0399 e. The molecule has 1 aliphatic rings. The fraction of sp³-hybridized carbons (Fsp3) is 0.333. The smallest absolute Gasteiger partial charge is 0.0399 e. The van der Waals surface area contributed by atoms with Crippen LogP contribution in [-0.4, -0.2) is 13.1 Å². The van der Waals surface area contributed by atoms with Crippen molar-refractivity contribution >= 4 is 5.69 Å². The zero-order valence-electron chi connectivity index (χ0n) is 7.66. The van der Waals surface area contributed by atoms with Crippen molar-refractivity contribution in [1.29, 1.82) is 0 Å². The monoisotopic (exact) mass is 171 g/mol. The molecule has 0 aromatic heterocycles. The van der Waals surface area contributed by atoms with Gasteiger partial charge in [-0.15, -0.1) is 12.3 Å². The van der Waals surface area contributed by atoms with Crippen molar-refractivity contribution in [2.75, 3.05) is 18.0 Å². The molecule has 66 valence electrons. The second-order valence-corrected chi connectivity index (χ2v) is 3.32. The summed E-state index contributed by atoms with van der Waals surface area (Å²) in [5.74, 6) is 2.68. The maximum absolute atomic E-state index is 5.25. The van der Waals surface area contributed by atoms with Crippen LogP contribution in [0.25, 0.3) is 0 Å². The Morgan fingerprint density at radius 2 is 2.23 bits per heavy atom. The molecule has 0 unspecified atom stereocenters. The molecule has 13 heavy (non-hydrogen) atoms. The van der Waals surface area contributed by atoms with Crippen LogP contribution >= 0.6 is 0 Å². The molecule has 0 spiro atoms. The molecule has 0 atom stereocenters. The Kier molecular flexibility index (Phi) is 2.23. The van der Waals surface area contributed by atoms with E-state index in [1.54, 1.807) is 0 Å². The van der Waals surface area contributed by atoms with Crippen molar-refractivity contribution < 1.29 is 0 Å². The van der Waals surface area contributed by atoms with E-state index < -0.39 is 0 Å². The van der Waals surface area contributed by atoms with E-state index in [9.17, 15) is 0 Å². The highest BCUT2D eigenvalue weighted by molar-refractivity contribution is 5.57. The van der Waals surface area contributed by atoms with E-state index in [2.05, 4.69) is 35.1 Å². The average molecular weight is 171 g/mol. The molecular weight excluding hydrogens is 158 g/mol. The lowest BCUT2D eigenvalue weighted by Gasteiger charge is -2.17. The molecule has 1 heterocycles. The fourth-order valence-electron chi connectivity index (χ4n) is 1.84. The normalized spacial score (nSPS) is 13.9. The number of hydrogen-bond acceptors (Lipinski definition) is 1. The van der Waals surface area contributed by atoms with Crippen LogP contribution in [0.1, 0.15) is 12.0 Å². The minimum atomic E-state index is 0.842. The molecule has 1 heteroatoms. The Bertz CT molecular complexity index is 335. The van der Waals surface area contributed by atoms with E-state index in [1.807, 2.05) is 0 Å². The molecule has 0 amide bonds. The maximum atomic E-state index is 5.25. The quantitative estimate of drug-likeness (QED) is 0.616. The number of para-hydroxylation sites is 1. The van der Waals surface area contributed by atoms with Crippen LogP contribution in [0.4, 0.5) is 5.69 Å². The minimum Gasteiger partial charge on any atom is -0.370 e. The van der Waals surface area contributed by atoms with E-state index in [4.69, 9.17) is 6.42 Å². The summed E-state index contributed by atoms with van der Waals surface area (Å²) in [6.07, 6.45) is 7.26. The van der Waals surface area contributed by atoms with Crippen LogP contribution in [0, 0.1) is 12.3 Å². The molecular formula is C12H13N. The van der Waals surface area contributed by atoms with Crippen molar-refractivity contribution in [1.82, 2.24) is 0 Å². The van der Waals surface area contributed by atoms with Gasteiger partial charge in [0.1, 0.15) is 0 Å². The van der Waals surface area contributed by atoms with Crippen LogP contribution in [0.2, 0.25) is 0 Å². The van der Waals surface area contributed by atoms with E-state index in [0.29, 0.717) is 0 Å². The molecule has 0 aliphatic carbocycles. The first-order valence-electron chi connectivity index (χ1n) is 4.68. The van der Waals surface area contributed by atoms with Crippen molar-refractivity contribution in [3.8, 4) is 12.3 Å². The van der Waals surface area contributed by atoms with E-state index in [0.717, 1.165) is 19.5 Å². The third-order valence-electron chi connectivity index (χ3n) is 2.51. The van der Waals surface area contributed by atoms with Crippen molar-refractivity contribution in [3.63, 3.8) is 0 Å². The zero-order valence-corrected chi connectivity index (χ0v) is 7.66. The van der Waals surface area contributed by atoms with Gasteiger partial charge in [-0.1, -0.05) is 18.2 Å². The molecule has 1 aromatic carbocycles. The molecule has 0 radical (unpaired) electrons. The second kappa shape index (κ2) is 3.53. The Morgan fingerprint density at radius 1 is 1.38 bits per heavy atom. The number of nitrogens with zero attached hydrogens (tertiary/aromatic N) is 1. The number of terminal acetylenes is 1. The van der Waals surface area contributed by atoms with Gasteiger partial charge in [-0.25, -0.2) is 0 Å². The van der Waals surface area contributed by atoms with Crippen LogP contribution in [0.3, 0.4) is 0 Å². The summed E-state index contributed by atoms with van der Waals surface area (Å²) in [5, 5.41) is 0. The zero-order chi connectivity index (χ0) is 9.10. The number of anilines is 1. The SMILES string of the molecule is C#CCCN1CCc2ccccc21. The van der Waals surface area contributed by atoms with Crippen molar-refractivity contribution in [2.45, 2.75) is 12.8 Å². The Morgan fingerprint density at radius 3 is 3.08 bits per heavy atom. The third-order valence-corrected chi connectivity index (χ3v) is 2.51. The van der Waals surface area contributed by atoms with Gasteiger partial charge in [0, 0.05) is 25.2 Å². The molecule has 0 bridgehead atoms. The highest BCUT2D eigenvalue weighted by Gasteiger charge is 2.16. The first-order chi connectivity index (χ1) is 6.42. The molecule has 0 N–H and O–H groups in total. The highest BCUT2D eigenvalue weighted by Crippen LogP contribution is 2.26. The largest absolute Gasteiger partial charge is 0.370 e. The number of rotatable bonds is 2. The third kappa shape index (κ3) is 1.53. The number of fused-ring (bicyclic) bond motifs is 1. The molecule has 2 rings (SSSR count). The van der Waals surface area contributed by atoms with Gasteiger partial charge in [-0.3, -0.25) is 0 Å². The molecule has 1 aliphatic heterocycles. The first-order valence-corrected chi connectivity index (χ1v) is 4.68. The summed E-state index contributed by atoms with van der Waals surface area (Å²) in [5.41, 5.74) is 2.83. The van der Waals surface area contributed by atoms with Gasteiger partial charge in [0.15, 0.2) is 0 Å². The van der Waals surface area contributed by atoms with E-state index >= 15 is 0 Å². The predicted molar refractivity (Wildman–Crippen MR) is 55.8 cm³/mol. The summed E-state index contributed by atoms with van der Waals surface area (Å²) in [6.45, 7) is 2.12. The Balaban J connectivity index is 2.15. The van der Waals surface area contributed by atoms with Crippen molar-refractivity contribution in [3.05, 3.63) is 29.8 Å². The van der Waals surface area contributed by atoms with Gasteiger partial charge in [0.2, 0.25) is 0 Å². The summed E-state index contributed by atoms with van der Waals surface area (Å²) >= 11 is 0. The van der Waals surface area contributed by atoms with E-state index in [-0.39, 0.29) is 0 Å². The van der Waals surface area contributed by atoms with Crippen molar-refractivity contribution in [2.24, 2.45) is 0 Å². The fourth-order valence-corrected chi connectivity index (χ4v) is 1.84. The van der Waals surface area contributed by atoms with Gasteiger partial charge in [-0.2, -0.15) is 0 Å². The van der Waals surface area contributed by atoms with Crippen LogP contribution in [-0.2, 0) is 6.42 Å². The Hall–Kier alpha value is -1.42. The van der Waals surface area contributed by atoms with Gasteiger partial charge in [-0.05, 0) is 18.1 Å². The minimum absolute atomic E-state index is 0.842. The Labute approximate surface area is 79.4 Å².